The Balaban J connectivity index is 2.78. The van der Waals surface area contributed by atoms with Gasteiger partial charge in [0.05, 0.1) is 6.10 Å². The summed E-state index contributed by atoms with van der Waals surface area (Å²) in [5.74, 6) is -0.936. The summed E-state index contributed by atoms with van der Waals surface area (Å²) in [6, 6.07) is 0. The van der Waals surface area contributed by atoms with Crippen LogP contribution >= 0.6 is 0 Å². The van der Waals surface area contributed by atoms with E-state index in [0.29, 0.717) is 6.42 Å². The van der Waals surface area contributed by atoms with Gasteiger partial charge in [-0.1, -0.05) is 6.08 Å². The van der Waals surface area contributed by atoms with Crippen LogP contribution in [0.3, 0.4) is 0 Å². The molecule has 1 heterocycles. The van der Waals surface area contributed by atoms with E-state index in [0.717, 1.165) is 0 Å². The molecule has 1 rings (SSSR count). The number of aliphatic hydroxyl groups excluding tert-OH is 1. The standard InChI is InChI=1S/C12H16O5/c1-8-7-11(17-9(2)13)5-3-10(14)4-6-12(15)16-8/h3-6,8,10-11,14H,7H2,1-2H3/t8-,10-,11-/m1/s1. The molecular weight excluding hydrogens is 224 g/mol. The van der Waals surface area contributed by atoms with Crippen molar-refractivity contribution in [1.82, 2.24) is 0 Å². The third-order valence-corrected chi connectivity index (χ3v) is 2.15. The molecule has 0 saturated heterocycles. The maximum absolute atomic E-state index is 11.2. The molecule has 5 heteroatoms. The summed E-state index contributed by atoms with van der Waals surface area (Å²) in [6.07, 6.45) is 4.14. The highest BCUT2D eigenvalue weighted by Crippen LogP contribution is 2.11. The smallest absolute Gasteiger partial charge is 0.330 e. The molecule has 0 fully saturated rings. The highest BCUT2D eigenvalue weighted by molar-refractivity contribution is 5.82. The minimum Gasteiger partial charge on any atom is -0.459 e. The van der Waals surface area contributed by atoms with E-state index in [4.69, 9.17) is 9.47 Å². The van der Waals surface area contributed by atoms with Crippen molar-refractivity contribution in [2.45, 2.75) is 38.6 Å². The second-order valence-electron chi connectivity index (χ2n) is 3.87. The van der Waals surface area contributed by atoms with E-state index in [2.05, 4.69) is 0 Å². The Bertz CT molecular complexity index is 345. The fourth-order valence-corrected chi connectivity index (χ4v) is 1.47. The summed E-state index contributed by atoms with van der Waals surface area (Å²) in [5.41, 5.74) is 0. The van der Waals surface area contributed by atoms with Crippen molar-refractivity contribution >= 4 is 11.9 Å². The second kappa shape index (κ2) is 6.20. The molecular formula is C12H16O5. The van der Waals surface area contributed by atoms with E-state index in [9.17, 15) is 14.7 Å². The lowest BCUT2D eigenvalue weighted by Gasteiger charge is -2.19. The Kier molecular flexibility index (Phi) is 4.90. The quantitative estimate of drug-likeness (QED) is 0.540. The minimum absolute atomic E-state index is 0.363. The van der Waals surface area contributed by atoms with Crippen molar-refractivity contribution in [3.05, 3.63) is 24.3 Å². The first-order chi connectivity index (χ1) is 7.97. The van der Waals surface area contributed by atoms with Crippen LogP contribution in [0.1, 0.15) is 20.3 Å². The molecule has 1 aliphatic heterocycles. The van der Waals surface area contributed by atoms with Crippen molar-refractivity contribution in [3.8, 4) is 0 Å². The van der Waals surface area contributed by atoms with Gasteiger partial charge in [-0.25, -0.2) is 4.79 Å². The third kappa shape index (κ3) is 5.31. The number of aliphatic hydroxyl groups is 1. The van der Waals surface area contributed by atoms with E-state index < -0.39 is 24.1 Å². The van der Waals surface area contributed by atoms with Gasteiger partial charge in [0.15, 0.2) is 0 Å². The van der Waals surface area contributed by atoms with Gasteiger partial charge in [-0.05, 0) is 19.1 Å². The molecule has 1 aliphatic rings. The van der Waals surface area contributed by atoms with Crippen LogP contribution in [0.2, 0.25) is 0 Å². The molecule has 0 unspecified atom stereocenters. The summed E-state index contributed by atoms with van der Waals surface area (Å²) < 4.78 is 10.0. The molecule has 0 aromatic carbocycles. The van der Waals surface area contributed by atoms with Crippen molar-refractivity contribution in [2.24, 2.45) is 0 Å². The van der Waals surface area contributed by atoms with Crippen molar-refractivity contribution < 1.29 is 24.2 Å². The lowest BCUT2D eigenvalue weighted by molar-refractivity contribution is -0.148. The fourth-order valence-electron chi connectivity index (χ4n) is 1.47. The molecule has 0 amide bonds. The predicted molar refractivity (Wildman–Crippen MR) is 60.0 cm³/mol. The maximum Gasteiger partial charge on any atom is 0.330 e. The van der Waals surface area contributed by atoms with Gasteiger partial charge >= 0.3 is 11.9 Å². The van der Waals surface area contributed by atoms with Gasteiger partial charge in [-0.15, -0.1) is 0 Å². The molecule has 0 aliphatic carbocycles. The fraction of sp³-hybridized carbons (Fsp3) is 0.500. The average molecular weight is 240 g/mol. The number of carbonyl (C=O) groups excluding carboxylic acids is 2. The van der Waals surface area contributed by atoms with Gasteiger partial charge in [0.2, 0.25) is 0 Å². The molecule has 0 aromatic rings. The Morgan fingerprint density at radius 1 is 1.47 bits per heavy atom. The van der Waals surface area contributed by atoms with Crippen LogP contribution in [0.5, 0.6) is 0 Å². The summed E-state index contributed by atoms with van der Waals surface area (Å²) in [6.45, 7) is 3.02. The molecule has 17 heavy (non-hydrogen) atoms. The summed E-state index contributed by atoms with van der Waals surface area (Å²) >= 11 is 0. The minimum atomic E-state index is -0.894. The molecule has 3 atom stereocenters. The number of cyclic esters (lactones) is 1. The van der Waals surface area contributed by atoms with Gasteiger partial charge in [0, 0.05) is 19.4 Å². The first-order valence-electron chi connectivity index (χ1n) is 5.40. The number of esters is 2. The molecule has 0 saturated carbocycles. The summed E-state index contributed by atoms with van der Waals surface area (Å²) in [7, 11) is 0. The highest BCUT2D eigenvalue weighted by Gasteiger charge is 2.17. The van der Waals surface area contributed by atoms with E-state index in [1.807, 2.05) is 0 Å². The van der Waals surface area contributed by atoms with Crippen LogP contribution in [0, 0.1) is 0 Å². The molecule has 0 spiro atoms. The monoisotopic (exact) mass is 240 g/mol. The Morgan fingerprint density at radius 2 is 2.18 bits per heavy atom. The highest BCUT2D eigenvalue weighted by atomic mass is 16.6. The first-order valence-corrected chi connectivity index (χ1v) is 5.40. The van der Waals surface area contributed by atoms with Crippen LogP contribution in [0.25, 0.3) is 0 Å². The molecule has 1 N–H and O–H groups in total. The zero-order chi connectivity index (χ0) is 12.8. The second-order valence-corrected chi connectivity index (χ2v) is 3.87. The lowest BCUT2D eigenvalue weighted by Crippen LogP contribution is -2.24. The topological polar surface area (TPSA) is 72.8 Å². The van der Waals surface area contributed by atoms with E-state index in [1.54, 1.807) is 13.0 Å². The summed E-state index contributed by atoms with van der Waals surface area (Å²) in [4.78, 5) is 22.1. The Morgan fingerprint density at radius 3 is 2.82 bits per heavy atom. The molecule has 0 bridgehead atoms. The normalized spacial score (nSPS) is 29.6. The Hall–Kier alpha value is -1.62. The van der Waals surface area contributed by atoms with Crippen molar-refractivity contribution in [3.63, 3.8) is 0 Å². The predicted octanol–water partition coefficient (Wildman–Crippen LogP) is 0.727. The van der Waals surface area contributed by atoms with Crippen LogP contribution in [0.15, 0.2) is 24.3 Å². The number of hydrogen-bond donors (Lipinski definition) is 1. The zero-order valence-electron chi connectivity index (χ0n) is 9.83. The molecule has 0 aromatic heterocycles. The third-order valence-electron chi connectivity index (χ3n) is 2.15. The number of ether oxygens (including phenoxy) is 2. The maximum atomic E-state index is 11.2. The number of carbonyl (C=O) groups is 2. The first kappa shape index (κ1) is 13.4. The van der Waals surface area contributed by atoms with Crippen LogP contribution < -0.4 is 0 Å². The van der Waals surface area contributed by atoms with Crippen LogP contribution in [-0.4, -0.2) is 35.4 Å². The lowest BCUT2D eigenvalue weighted by atomic mass is 10.1. The van der Waals surface area contributed by atoms with E-state index in [-0.39, 0.29) is 6.10 Å². The van der Waals surface area contributed by atoms with E-state index >= 15 is 0 Å². The van der Waals surface area contributed by atoms with Gasteiger partial charge in [-0.2, -0.15) is 0 Å². The van der Waals surface area contributed by atoms with Gasteiger partial charge in [-0.3, -0.25) is 4.79 Å². The number of hydrogen-bond acceptors (Lipinski definition) is 5. The summed E-state index contributed by atoms with van der Waals surface area (Å²) in [5, 5.41) is 9.44. The average Bonchev–Trinajstić information content (AvgIpc) is 2.21. The zero-order valence-corrected chi connectivity index (χ0v) is 9.83. The largest absolute Gasteiger partial charge is 0.459 e. The number of rotatable bonds is 1. The SMILES string of the molecule is CC(=O)O[C@@H]1C=C[C@@H](O)C=CC(=O)O[C@H](C)C1. The molecule has 5 nitrogen and oxygen atoms in total. The molecule has 94 valence electrons. The Labute approximate surface area is 99.7 Å². The van der Waals surface area contributed by atoms with Crippen LogP contribution in [0.4, 0.5) is 0 Å². The van der Waals surface area contributed by atoms with E-state index in [1.165, 1.54) is 25.2 Å². The van der Waals surface area contributed by atoms with Crippen LogP contribution in [-0.2, 0) is 19.1 Å². The van der Waals surface area contributed by atoms with Crippen molar-refractivity contribution in [2.75, 3.05) is 0 Å². The van der Waals surface area contributed by atoms with Gasteiger partial charge in [0.25, 0.3) is 0 Å². The van der Waals surface area contributed by atoms with Gasteiger partial charge in [0.1, 0.15) is 12.2 Å². The van der Waals surface area contributed by atoms with Gasteiger partial charge < -0.3 is 14.6 Å². The van der Waals surface area contributed by atoms with Crippen molar-refractivity contribution in [1.29, 1.82) is 0 Å². The molecule has 0 radical (unpaired) electrons.